The van der Waals surface area contributed by atoms with E-state index >= 15 is 0 Å². The number of nitrogens with zero attached hydrogens (tertiary/aromatic N) is 2. The Hall–Kier alpha value is -0.610. The van der Waals surface area contributed by atoms with Crippen molar-refractivity contribution < 1.29 is 0 Å². The summed E-state index contributed by atoms with van der Waals surface area (Å²) in [6.07, 6.45) is 5.06. The first-order valence-electron chi connectivity index (χ1n) is 7.38. The van der Waals surface area contributed by atoms with Crippen LogP contribution >= 0.6 is 11.8 Å². The topological polar surface area (TPSA) is 37.8 Å². The molecule has 0 aliphatic carbocycles. The highest BCUT2D eigenvalue weighted by Crippen LogP contribution is 2.36. The zero-order valence-electron chi connectivity index (χ0n) is 12.3. The van der Waals surface area contributed by atoms with Gasteiger partial charge in [0.15, 0.2) is 0 Å². The summed E-state index contributed by atoms with van der Waals surface area (Å²) in [7, 11) is 0. The van der Waals surface area contributed by atoms with E-state index in [9.17, 15) is 0 Å². The third-order valence-corrected chi connectivity index (χ3v) is 5.01. The van der Waals surface area contributed by atoms with Gasteiger partial charge in [0.25, 0.3) is 0 Å². The van der Waals surface area contributed by atoms with Gasteiger partial charge in [0.2, 0.25) is 0 Å². The molecule has 1 aliphatic rings. The molecule has 1 unspecified atom stereocenters. The second-order valence-electron chi connectivity index (χ2n) is 5.26. The van der Waals surface area contributed by atoms with Gasteiger partial charge in [-0.2, -0.15) is 11.8 Å². The van der Waals surface area contributed by atoms with Crippen LogP contribution in [0.15, 0.2) is 0 Å². The van der Waals surface area contributed by atoms with Crippen LogP contribution in [-0.4, -0.2) is 22.3 Å². The molecule has 0 aromatic carbocycles. The highest BCUT2D eigenvalue weighted by molar-refractivity contribution is 7.99. The van der Waals surface area contributed by atoms with Gasteiger partial charge in [-0.1, -0.05) is 13.3 Å². The van der Waals surface area contributed by atoms with Crippen LogP contribution in [-0.2, 0) is 6.54 Å². The molecule has 1 aliphatic heterocycles. The summed E-state index contributed by atoms with van der Waals surface area (Å²) in [4.78, 5) is 9.53. The van der Waals surface area contributed by atoms with Crippen LogP contribution in [0.1, 0.15) is 60.6 Å². The number of thioether (sulfide) groups is 1. The largest absolute Gasteiger partial charge is 0.313 e. The zero-order chi connectivity index (χ0) is 13.7. The molecule has 1 saturated heterocycles. The van der Waals surface area contributed by atoms with Crippen molar-refractivity contribution in [3.8, 4) is 0 Å². The second kappa shape index (κ2) is 7.25. The average molecular weight is 279 g/mol. The molecule has 1 aromatic heterocycles. The lowest BCUT2D eigenvalue weighted by Gasteiger charge is -2.21. The molecule has 4 heteroatoms. The van der Waals surface area contributed by atoms with E-state index in [0.717, 1.165) is 36.7 Å². The van der Waals surface area contributed by atoms with Gasteiger partial charge in [0.05, 0.1) is 5.25 Å². The van der Waals surface area contributed by atoms with Crippen molar-refractivity contribution >= 4 is 11.8 Å². The first-order chi connectivity index (χ1) is 9.22. The molecule has 0 radical (unpaired) electrons. The first kappa shape index (κ1) is 14.8. The van der Waals surface area contributed by atoms with Gasteiger partial charge >= 0.3 is 0 Å². The number of rotatable bonds is 5. The molecule has 0 bridgehead atoms. The Morgan fingerprint density at radius 3 is 2.53 bits per heavy atom. The van der Waals surface area contributed by atoms with Crippen LogP contribution in [0.3, 0.4) is 0 Å². The minimum atomic E-state index is 0.517. The predicted octanol–water partition coefficient (Wildman–Crippen LogP) is 3.55. The molecule has 1 atom stereocenters. The summed E-state index contributed by atoms with van der Waals surface area (Å²) < 4.78 is 0. The lowest BCUT2D eigenvalue weighted by Crippen LogP contribution is -2.18. The molecule has 0 spiro atoms. The lowest BCUT2D eigenvalue weighted by molar-refractivity contribution is 0.642. The molecule has 2 heterocycles. The second-order valence-corrected chi connectivity index (χ2v) is 6.57. The Kier molecular flexibility index (Phi) is 5.64. The summed E-state index contributed by atoms with van der Waals surface area (Å²) in [6.45, 7) is 8.37. The molecule has 106 valence electrons. The van der Waals surface area contributed by atoms with Crippen LogP contribution in [0.4, 0.5) is 0 Å². The van der Waals surface area contributed by atoms with Crippen molar-refractivity contribution in [3.63, 3.8) is 0 Å². The Morgan fingerprint density at radius 2 is 1.95 bits per heavy atom. The van der Waals surface area contributed by atoms with E-state index in [0.29, 0.717) is 5.25 Å². The molecule has 1 N–H and O–H groups in total. The minimum absolute atomic E-state index is 0.517. The van der Waals surface area contributed by atoms with Crippen LogP contribution in [0.25, 0.3) is 0 Å². The quantitative estimate of drug-likeness (QED) is 0.836. The van der Waals surface area contributed by atoms with Crippen molar-refractivity contribution in [3.05, 3.63) is 22.8 Å². The van der Waals surface area contributed by atoms with Crippen LogP contribution in [0, 0.1) is 13.8 Å². The number of hydrogen-bond donors (Lipinski definition) is 1. The van der Waals surface area contributed by atoms with Gasteiger partial charge in [-0.25, -0.2) is 9.97 Å². The van der Waals surface area contributed by atoms with Crippen molar-refractivity contribution in [2.24, 2.45) is 0 Å². The van der Waals surface area contributed by atoms with Gasteiger partial charge in [-0.3, -0.25) is 0 Å². The summed E-state index contributed by atoms with van der Waals surface area (Å²) in [6, 6.07) is 0. The fourth-order valence-corrected chi connectivity index (χ4v) is 3.74. The summed E-state index contributed by atoms with van der Waals surface area (Å²) in [5.41, 5.74) is 3.58. The Bertz CT molecular complexity index is 391. The van der Waals surface area contributed by atoms with Gasteiger partial charge in [0.1, 0.15) is 5.82 Å². The molecule has 3 nitrogen and oxygen atoms in total. The highest BCUT2D eigenvalue weighted by Gasteiger charge is 2.20. The molecule has 19 heavy (non-hydrogen) atoms. The van der Waals surface area contributed by atoms with E-state index in [1.807, 2.05) is 11.8 Å². The van der Waals surface area contributed by atoms with Gasteiger partial charge in [-0.15, -0.1) is 0 Å². The maximum atomic E-state index is 4.76. The highest BCUT2D eigenvalue weighted by atomic mass is 32.2. The summed E-state index contributed by atoms with van der Waals surface area (Å²) in [5, 5.41) is 3.96. The van der Waals surface area contributed by atoms with E-state index in [1.54, 1.807) is 0 Å². The fraction of sp³-hybridized carbons (Fsp3) is 0.733. The zero-order valence-corrected chi connectivity index (χ0v) is 13.1. The van der Waals surface area contributed by atoms with Crippen molar-refractivity contribution in [2.45, 2.75) is 58.2 Å². The van der Waals surface area contributed by atoms with Crippen molar-refractivity contribution in [2.75, 3.05) is 12.3 Å². The SMILES string of the molecule is CCCNCc1c(C)nc(C2CCCCS2)nc1C. The number of aromatic nitrogens is 2. The molecule has 0 amide bonds. The molecule has 1 fully saturated rings. The van der Waals surface area contributed by atoms with Crippen molar-refractivity contribution in [1.82, 2.24) is 15.3 Å². The van der Waals surface area contributed by atoms with Crippen molar-refractivity contribution in [1.29, 1.82) is 0 Å². The molecule has 0 saturated carbocycles. The van der Waals surface area contributed by atoms with Gasteiger partial charge in [-0.05, 0) is 45.4 Å². The normalized spacial score (nSPS) is 19.6. The number of nitrogens with one attached hydrogen (secondary N) is 1. The van der Waals surface area contributed by atoms with E-state index in [4.69, 9.17) is 9.97 Å². The fourth-order valence-electron chi connectivity index (χ4n) is 2.50. The Morgan fingerprint density at radius 1 is 1.21 bits per heavy atom. The number of aryl methyl sites for hydroxylation is 2. The van der Waals surface area contributed by atoms with Crippen LogP contribution in [0.2, 0.25) is 0 Å². The lowest BCUT2D eigenvalue weighted by atomic mass is 10.1. The van der Waals surface area contributed by atoms with E-state index in [-0.39, 0.29) is 0 Å². The molecular formula is C15H25N3S. The van der Waals surface area contributed by atoms with Gasteiger partial charge < -0.3 is 5.32 Å². The third-order valence-electron chi connectivity index (χ3n) is 3.63. The summed E-state index contributed by atoms with van der Waals surface area (Å²) in [5.74, 6) is 2.31. The van der Waals surface area contributed by atoms with E-state index < -0.39 is 0 Å². The maximum Gasteiger partial charge on any atom is 0.141 e. The predicted molar refractivity (Wildman–Crippen MR) is 82.6 cm³/mol. The molecule has 2 rings (SSSR count). The van der Waals surface area contributed by atoms with Gasteiger partial charge in [0, 0.05) is 23.5 Å². The smallest absolute Gasteiger partial charge is 0.141 e. The third kappa shape index (κ3) is 3.93. The average Bonchev–Trinajstić information content (AvgIpc) is 2.43. The molecule has 1 aromatic rings. The maximum absolute atomic E-state index is 4.76. The standard InChI is InChI=1S/C15H25N3S/c1-4-8-16-10-13-11(2)17-15(18-12(13)3)14-7-5-6-9-19-14/h14,16H,4-10H2,1-3H3. The Labute approximate surface area is 121 Å². The minimum Gasteiger partial charge on any atom is -0.313 e. The Balaban J connectivity index is 2.11. The van der Waals surface area contributed by atoms with E-state index in [1.165, 1.54) is 30.6 Å². The number of hydrogen-bond acceptors (Lipinski definition) is 4. The monoisotopic (exact) mass is 279 g/mol. The first-order valence-corrected chi connectivity index (χ1v) is 8.43. The van der Waals surface area contributed by atoms with Crippen LogP contribution in [0.5, 0.6) is 0 Å². The summed E-state index contributed by atoms with van der Waals surface area (Å²) >= 11 is 2.02. The van der Waals surface area contributed by atoms with E-state index in [2.05, 4.69) is 26.1 Å². The van der Waals surface area contributed by atoms with Crippen LogP contribution < -0.4 is 5.32 Å². The molecular weight excluding hydrogens is 254 g/mol.